The van der Waals surface area contributed by atoms with Gasteiger partial charge in [-0.05, 0) is 37.9 Å². The SMILES string of the molecule is CN(C[C@@H]1Cc2ccccc2N1)C1CCCCC1. The maximum absolute atomic E-state index is 3.66. The maximum Gasteiger partial charge on any atom is 0.0429 e. The van der Waals surface area contributed by atoms with Crippen molar-refractivity contribution in [1.29, 1.82) is 0 Å². The predicted octanol–water partition coefficient (Wildman–Crippen LogP) is 3.29. The zero-order valence-corrected chi connectivity index (χ0v) is 11.4. The van der Waals surface area contributed by atoms with Crippen molar-refractivity contribution in [3.8, 4) is 0 Å². The Kier molecular flexibility index (Phi) is 3.55. The third-order valence-electron chi connectivity index (χ3n) is 4.55. The first kappa shape index (κ1) is 12.0. The Morgan fingerprint density at radius 3 is 2.72 bits per heavy atom. The highest BCUT2D eigenvalue weighted by Crippen LogP contribution is 2.27. The van der Waals surface area contributed by atoms with E-state index in [1.807, 2.05) is 0 Å². The third kappa shape index (κ3) is 2.54. The Bertz CT molecular complexity index is 371. The summed E-state index contributed by atoms with van der Waals surface area (Å²) >= 11 is 0. The van der Waals surface area contributed by atoms with E-state index in [1.54, 1.807) is 0 Å². The van der Waals surface area contributed by atoms with Crippen LogP contribution in [0.25, 0.3) is 0 Å². The summed E-state index contributed by atoms with van der Waals surface area (Å²) < 4.78 is 0. The number of nitrogens with zero attached hydrogens (tertiary/aromatic N) is 1. The van der Waals surface area contributed by atoms with Crippen molar-refractivity contribution in [3.05, 3.63) is 29.8 Å². The number of rotatable bonds is 3. The van der Waals surface area contributed by atoms with E-state index in [4.69, 9.17) is 0 Å². The molecule has 0 unspecified atom stereocenters. The molecule has 18 heavy (non-hydrogen) atoms. The van der Waals surface area contributed by atoms with Crippen LogP contribution in [0.3, 0.4) is 0 Å². The summed E-state index contributed by atoms with van der Waals surface area (Å²) in [5, 5.41) is 3.66. The van der Waals surface area contributed by atoms with Crippen molar-refractivity contribution >= 4 is 5.69 Å². The molecule has 0 spiro atoms. The Balaban J connectivity index is 1.55. The van der Waals surface area contributed by atoms with Gasteiger partial charge in [0.1, 0.15) is 0 Å². The van der Waals surface area contributed by atoms with Crippen molar-refractivity contribution in [2.24, 2.45) is 0 Å². The van der Waals surface area contributed by atoms with Crippen molar-refractivity contribution in [2.75, 3.05) is 18.9 Å². The quantitative estimate of drug-likeness (QED) is 0.877. The lowest BCUT2D eigenvalue weighted by molar-refractivity contribution is 0.186. The van der Waals surface area contributed by atoms with Crippen molar-refractivity contribution in [1.82, 2.24) is 4.90 Å². The van der Waals surface area contributed by atoms with Crippen LogP contribution in [0.4, 0.5) is 5.69 Å². The lowest BCUT2D eigenvalue weighted by Crippen LogP contribution is -2.40. The summed E-state index contributed by atoms with van der Waals surface area (Å²) in [6.07, 6.45) is 8.28. The average Bonchev–Trinajstić information content (AvgIpc) is 2.82. The lowest BCUT2D eigenvalue weighted by Gasteiger charge is -2.33. The molecule has 0 saturated heterocycles. The fourth-order valence-corrected chi connectivity index (χ4v) is 3.50. The molecule has 1 heterocycles. The summed E-state index contributed by atoms with van der Waals surface area (Å²) in [4.78, 5) is 2.59. The number of anilines is 1. The van der Waals surface area contributed by atoms with Crippen molar-refractivity contribution in [3.63, 3.8) is 0 Å². The van der Waals surface area contributed by atoms with Crippen LogP contribution in [-0.2, 0) is 6.42 Å². The lowest BCUT2D eigenvalue weighted by atomic mass is 9.94. The zero-order chi connectivity index (χ0) is 12.4. The summed E-state index contributed by atoms with van der Waals surface area (Å²) in [6.45, 7) is 1.18. The highest BCUT2D eigenvalue weighted by atomic mass is 15.2. The van der Waals surface area contributed by atoms with E-state index in [0.717, 1.165) is 6.04 Å². The van der Waals surface area contributed by atoms with Crippen LogP contribution in [0, 0.1) is 0 Å². The number of benzene rings is 1. The number of likely N-dealkylation sites (N-methyl/N-ethyl adjacent to an activating group) is 1. The number of fused-ring (bicyclic) bond motifs is 1. The second-order valence-electron chi connectivity index (χ2n) is 5.93. The average molecular weight is 244 g/mol. The molecule has 1 atom stereocenters. The van der Waals surface area contributed by atoms with Crippen LogP contribution >= 0.6 is 0 Å². The van der Waals surface area contributed by atoms with E-state index in [1.165, 1.54) is 56.3 Å². The zero-order valence-electron chi connectivity index (χ0n) is 11.4. The molecular weight excluding hydrogens is 220 g/mol. The monoisotopic (exact) mass is 244 g/mol. The van der Waals surface area contributed by atoms with Crippen LogP contribution in [0.2, 0.25) is 0 Å². The van der Waals surface area contributed by atoms with E-state index < -0.39 is 0 Å². The molecule has 1 N–H and O–H groups in total. The highest BCUT2D eigenvalue weighted by molar-refractivity contribution is 5.56. The van der Waals surface area contributed by atoms with Gasteiger partial charge in [-0.1, -0.05) is 37.5 Å². The van der Waals surface area contributed by atoms with Gasteiger partial charge in [-0.3, -0.25) is 0 Å². The minimum absolute atomic E-state index is 0.606. The van der Waals surface area contributed by atoms with Gasteiger partial charge in [0.2, 0.25) is 0 Å². The topological polar surface area (TPSA) is 15.3 Å². The molecule has 98 valence electrons. The number of nitrogens with one attached hydrogen (secondary N) is 1. The van der Waals surface area contributed by atoms with Crippen molar-refractivity contribution < 1.29 is 0 Å². The summed E-state index contributed by atoms with van der Waals surface area (Å²) in [5.41, 5.74) is 2.83. The standard InChI is InChI=1S/C16H24N2/c1-18(15-8-3-2-4-9-15)12-14-11-13-7-5-6-10-16(13)17-14/h5-7,10,14-15,17H,2-4,8-9,11-12H2,1H3/t14-/m0/s1. The van der Waals surface area contributed by atoms with Crippen LogP contribution in [0.1, 0.15) is 37.7 Å². The predicted molar refractivity (Wildman–Crippen MR) is 77.1 cm³/mol. The van der Waals surface area contributed by atoms with E-state index >= 15 is 0 Å². The first-order valence-corrected chi connectivity index (χ1v) is 7.37. The van der Waals surface area contributed by atoms with Crippen LogP contribution < -0.4 is 5.32 Å². The van der Waals surface area contributed by atoms with Gasteiger partial charge in [0.25, 0.3) is 0 Å². The maximum atomic E-state index is 3.66. The molecule has 2 heteroatoms. The minimum Gasteiger partial charge on any atom is -0.380 e. The Morgan fingerprint density at radius 1 is 1.17 bits per heavy atom. The molecule has 1 aliphatic carbocycles. The molecule has 1 fully saturated rings. The second-order valence-corrected chi connectivity index (χ2v) is 5.93. The fraction of sp³-hybridized carbons (Fsp3) is 0.625. The Labute approximate surface area is 110 Å². The molecule has 1 aliphatic heterocycles. The van der Waals surface area contributed by atoms with Gasteiger partial charge >= 0.3 is 0 Å². The first-order chi connectivity index (χ1) is 8.83. The molecule has 0 radical (unpaired) electrons. The summed E-state index contributed by atoms with van der Waals surface area (Å²) in [5.74, 6) is 0. The van der Waals surface area contributed by atoms with Crippen LogP contribution in [0.5, 0.6) is 0 Å². The van der Waals surface area contributed by atoms with Crippen LogP contribution in [0.15, 0.2) is 24.3 Å². The van der Waals surface area contributed by atoms with Gasteiger partial charge in [-0.15, -0.1) is 0 Å². The third-order valence-corrected chi connectivity index (χ3v) is 4.55. The van der Waals surface area contributed by atoms with Gasteiger partial charge in [0.05, 0.1) is 0 Å². The van der Waals surface area contributed by atoms with Gasteiger partial charge in [0.15, 0.2) is 0 Å². The van der Waals surface area contributed by atoms with Gasteiger partial charge < -0.3 is 10.2 Å². The smallest absolute Gasteiger partial charge is 0.0429 e. The van der Waals surface area contributed by atoms with Crippen molar-refractivity contribution in [2.45, 2.75) is 50.6 Å². The second kappa shape index (κ2) is 5.31. The summed E-state index contributed by atoms with van der Waals surface area (Å²) in [6, 6.07) is 10.2. The molecule has 0 amide bonds. The highest BCUT2D eigenvalue weighted by Gasteiger charge is 2.24. The largest absolute Gasteiger partial charge is 0.380 e. The molecular formula is C16H24N2. The van der Waals surface area contributed by atoms with Crippen LogP contribution in [-0.4, -0.2) is 30.6 Å². The first-order valence-electron chi connectivity index (χ1n) is 7.37. The molecule has 2 aliphatic rings. The molecule has 2 nitrogen and oxygen atoms in total. The Hall–Kier alpha value is -1.02. The van der Waals surface area contributed by atoms with Gasteiger partial charge in [-0.25, -0.2) is 0 Å². The Morgan fingerprint density at radius 2 is 1.94 bits per heavy atom. The molecule has 0 bridgehead atoms. The number of hydrogen-bond acceptors (Lipinski definition) is 2. The summed E-state index contributed by atoms with van der Waals surface area (Å²) in [7, 11) is 2.31. The van der Waals surface area contributed by atoms with E-state index in [-0.39, 0.29) is 0 Å². The number of hydrogen-bond donors (Lipinski definition) is 1. The molecule has 1 aromatic rings. The minimum atomic E-state index is 0.606. The molecule has 1 aromatic carbocycles. The number of para-hydroxylation sites is 1. The molecule has 3 rings (SSSR count). The van der Waals surface area contributed by atoms with Gasteiger partial charge in [-0.2, -0.15) is 0 Å². The van der Waals surface area contributed by atoms with E-state index in [9.17, 15) is 0 Å². The normalized spacial score (nSPS) is 24.0. The van der Waals surface area contributed by atoms with E-state index in [2.05, 4.69) is 41.5 Å². The fourth-order valence-electron chi connectivity index (χ4n) is 3.50. The van der Waals surface area contributed by atoms with Gasteiger partial charge in [0, 0.05) is 24.3 Å². The van der Waals surface area contributed by atoms with E-state index in [0.29, 0.717) is 6.04 Å². The molecule has 0 aromatic heterocycles. The molecule has 1 saturated carbocycles.